The molecule has 1 aliphatic carbocycles. The molecule has 0 aliphatic heterocycles. The predicted molar refractivity (Wildman–Crippen MR) is 175 cm³/mol. The number of nitrogens with zero attached hydrogens (tertiary/aromatic N) is 4. The van der Waals surface area contributed by atoms with E-state index in [0.717, 1.165) is 52.2 Å². The average Bonchev–Trinajstić information content (AvgIpc) is 3.33. The Hall–Kier alpha value is -2.72. The molecule has 9 heteroatoms. The molecular weight excluding hydrogens is 559 g/mol. The molecule has 3 aromatic heterocycles. The number of hydrogen-bond acceptors (Lipinski definition) is 5. The van der Waals surface area contributed by atoms with E-state index in [-0.39, 0.29) is 15.8 Å². The van der Waals surface area contributed by atoms with Gasteiger partial charge in [-0.05, 0) is 88.0 Å². The van der Waals surface area contributed by atoms with E-state index in [1.54, 1.807) is 0 Å². The highest BCUT2D eigenvalue weighted by molar-refractivity contribution is 7.84. The van der Waals surface area contributed by atoms with Gasteiger partial charge in [0, 0.05) is 10.9 Å². The van der Waals surface area contributed by atoms with E-state index in [9.17, 15) is 4.21 Å². The van der Waals surface area contributed by atoms with E-state index < -0.39 is 19.3 Å². The second-order valence-corrected chi connectivity index (χ2v) is 20.8. The van der Waals surface area contributed by atoms with Crippen LogP contribution in [0.25, 0.3) is 28.0 Å². The highest BCUT2D eigenvalue weighted by atomic mass is 32.2. The zero-order chi connectivity index (χ0) is 30.3. The minimum Gasteiger partial charge on any atom is -0.411 e. The van der Waals surface area contributed by atoms with Crippen LogP contribution in [0, 0.1) is 5.92 Å². The van der Waals surface area contributed by atoms with Crippen LogP contribution >= 0.6 is 0 Å². The summed E-state index contributed by atoms with van der Waals surface area (Å²) < 4.78 is 24.5. The van der Waals surface area contributed by atoms with Crippen LogP contribution in [0.3, 0.4) is 0 Å². The van der Waals surface area contributed by atoms with Crippen molar-refractivity contribution in [3.05, 3.63) is 72.2 Å². The van der Waals surface area contributed by atoms with Gasteiger partial charge in [-0.25, -0.2) is 18.6 Å². The normalized spacial score (nSPS) is 16.4. The lowest BCUT2D eigenvalue weighted by Gasteiger charge is -2.36. The smallest absolute Gasteiger partial charge is 0.192 e. The predicted octanol–water partition coefficient (Wildman–Crippen LogP) is 7.90. The summed E-state index contributed by atoms with van der Waals surface area (Å²) in [5.74, 6) is 1.21. The van der Waals surface area contributed by atoms with Gasteiger partial charge in [0.25, 0.3) is 0 Å². The molecule has 1 aliphatic rings. The number of hydrogen-bond donors (Lipinski definition) is 1. The molecule has 3 heterocycles. The second-order valence-electron chi connectivity index (χ2n) is 14.0. The van der Waals surface area contributed by atoms with E-state index in [4.69, 9.17) is 19.5 Å². The molecule has 1 N–H and O–H groups in total. The third-order valence-electron chi connectivity index (χ3n) is 8.76. The van der Waals surface area contributed by atoms with Crippen molar-refractivity contribution in [2.45, 2.75) is 96.3 Å². The summed E-state index contributed by atoms with van der Waals surface area (Å²) >= 11 is 0. The van der Waals surface area contributed by atoms with Gasteiger partial charge >= 0.3 is 0 Å². The van der Waals surface area contributed by atoms with Crippen molar-refractivity contribution in [1.29, 1.82) is 0 Å². The fourth-order valence-electron chi connectivity index (χ4n) is 4.75. The summed E-state index contributed by atoms with van der Waals surface area (Å²) in [4.78, 5) is 10.0. The standard InChI is InChI=1S/C33H45N5O2SSi/c1-32(2,3)41(39)37-31(23-12-9-13-23)28-16-11-15-27(36-28)24-18-19-25-21-34-38(29(25)20-24)30-17-10-14-26(35-30)22-40-42(7,8)33(4,5)6/h10-11,14-21,23,31,37H,9,12-13,22H2,1-8H3/t31-,41+/m0/s1. The zero-order valence-corrected chi connectivity index (χ0v) is 28.1. The van der Waals surface area contributed by atoms with Gasteiger partial charge in [-0.15, -0.1) is 0 Å². The molecule has 5 rings (SSSR count). The highest BCUT2D eigenvalue weighted by Crippen LogP contribution is 2.39. The zero-order valence-electron chi connectivity index (χ0n) is 26.3. The monoisotopic (exact) mass is 603 g/mol. The van der Waals surface area contributed by atoms with Crippen molar-refractivity contribution in [1.82, 2.24) is 24.5 Å². The fourth-order valence-corrected chi connectivity index (χ4v) is 6.58. The van der Waals surface area contributed by atoms with Crippen molar-refractivity contribution in [3.8, 4) is 17.1 Å². The summed E-state index contributed by atoms with van der Waals surface area (Å²) in [7, 11) is -3.06. The second kappa shape index (κ2) is 11.8. The minimum absolute atomic E-state index is 0.0338. The molecule has 1 aromatic carbocycles. The van der Waals surface area contributed by atoms with Gasteiger partial charge in [-0.2, -0.15) is 5.10 Å². The van der Waals surface area contributed by atoms with Crippen LogP contribution in [-0.2, 0) is 22.0 Å². The van der Waals surface area contributed by atoms with Gasteiger partial charge in [-0.3, -0.25) is 4.98 Å². The van der Waals surface area contributed by atoms with Gasteiger partial charge in [0.15, 0.2) is 14.1 Å². The van der Waals surface area contributed by atoms with Crippen LogP contribution in [0.2, 0.25) is 18.1 Å². The van der Waals surface area contributed by atoms with E-state index in [1.165, 1.54) is 6.42 Å². The molecular formula is C33H45N5O2SSi. The fraction of sp³-hybridized carbons (Fsp3) is 0.485. The molecule has 1 saturated carbocycles. The van der Waals surface area contributed by atoms with Gasteiger partial charge in [0.05, 0.1) is 57.2 Å². The maximum atomic E-state index is 13.0. The average molecular weight is 604 g/mol. The molecule has 1 fully saturated rings. The lowest BCUT2D eigenvalue weighted by atomic mass is 9.79. The molecule has 4 aromatic rings. The number of aromatic nitrogens is 4. The number of fused-ring (bicyclic) bond motifs is 1. The Bertz CT molecular complexity index is 1580. The molecule has 0 unspecified atom stereocenters. The van der Waals surface area contributed by atoms with Gasteiger partial charge in [-0.1, -0.05) is 51.5 Å². The van der Waals surface area contributed by atoms with Gasteiger partial charge in [0.1, 0.15) is 0 Å². The maximum absolute atomic E-state index is 13.0. The highest BCUT2D eigenvalue weighted by Gasteiger charge is 2.37. The third-order valence-corrected chi connectivity index (χ3v) is 14.8. The molecule has 224 valence electrons. The number of pyridine rings is 2. The molecule has 7 nitrogen and oxygen atoms in total. The third kappa shape index (κ3) is 6.59. The largest absolute Gasteiger partial charge is 0.411 e. The van der Waals surface area contributed by atoms with Crippen molar-refractivity contribution in [3.63, 3.8) is 0 Å². The maximum Gasteiger partial charge on any atom is 0.192 e. The number of benzene rings is 1. The van der Waals surface area contributed by atoms with Crippen molar-refractivity contribution in [2.75, 3.05) is 0 Å². The molecule has 42 heavy (non-hydrogen) atoms. The van der Waals surface area contributed by atoms with E-state index >= 15 is 0 Å². The lowest BCUT2D eigenvalue weighted by molar-refractivity contribution is 0.249. The van der Waals surface area contributed by atoms with Crippen LogP contribution in [0.1, 0.15) is 78.2 Å². The molecule has 0 bridgehead atoms. The molecule has 0 spiro atoms. The van der Waals surface area contributed by atoms with Crippen LogP contribution in [0.4, 0.5) is 0 Å². The Balaban J connectivity index is 1.43. The first-order chi connectivity index (χ1) is 19.7. The Kier molecular flexibility index (Phi) is 8.60. The number of rotatable bonds is 9. The van der Waals surface area contributed by atoms with Crippen LogP contribution in [0.15, 0.2) is 60.8 Å². The van der Waals surface area contributed by atoms with Crippen LogP contribution in [0.5, 0.6) is 0 Å². The molecule has 0 radical (unpaired) electrons. The summed E-state index contributed by atoms with van der Waals surface area (Å²) in [5.41, 5.74) is 4.71. The van der Waals surface area contributed by atoms with Crippen molar-refractivity contribution < 1.29 is 8.63 Å². The molecule has 2 atom stereocenters. The quantitative estimate of drug-likeness (QED) is 0.197. The Morgan fingerprint density at radius 3 is 2.43 bits per heavy atom. The number of nitrogens with one attached hydrogen (secondary N) is 1. The van der Waals surface area contributed by atoms with Gasteiger partial charge in [0.2, 0.25) is 0 Å². The summed E-state index contributed by atoms with van der Waals surface area (Å²) in [5, 5.41) is 5.87. The topological polar surface area (TPSA) is 81.9 Å². The Morgan fingerprint density at radius 2 is 1.76 bits per heavy atom. The Morgan fingerprint density at radius 1 is 1.02 bits per heavy atom. The molecule has 0 saturated heterocycles. The first kappa shape index (κ1) is 30.7. The van der Waals surface area contributed by atoms with Gasteiger partial charge < -0.3 is 4.43 Å². The summed E-state index contributed by atoms with van der Waals surface area (Å²) in [6.07, 6.45) is 5.34. The first-order valence-electron chi connectivity index (χ1n) is 15.0. The summed E-state index contributed by atoms with van der Waals surface area (Å²) in [6, 6.07) is 18.5. The van der Waals surface area contributed by atoms with E-state index in [1.807, 2.05) is 55.9 Å². The van der Waals surface area contributed by atoms with E-state index in [0.29, 0.717) is 12.5 Å². The van der Waals surface area contributed by atoms with Crippen LogP contribution in [-0.4, -0.2) is 37.0 Å². The molecule has 0 amide bonds. The SMILES string of the molecule is CC(C)(C)[S@@](=O)N[C@H](c1cccc(-c2ccc3cnn(-c4cccc(CO[Si](C)(C)C(C)(C)C)n4)c3c2)n1)C1CCC1. The summed E-state index contributed by atoms with van der Waals surface area (Å²) in [6.45, 7) is 17.8. The van der Waals surface area contributed by atoms with E-state index in [2.05, 4.69) is 68.9 Å². The first-order valence-corrected chi connectivity index (χ1v) is 19.0. The van der Waals surface area contributed by atoms with Crippen LogP contribution < -0.4 is 4.72 Å². The van der Waals surface area contributed by atoms with Crippen molar-refractivity contribution in [2.24, 2.45) is 5.92 Å². The minimum atomic E-state index is -1.89. The van der Waals surface area contributed by atoms with Crippen molar-refractivity contribution >= 4 is 30.2 Å². The Labute approximate surface area is 254 Å². The lowest BCUT2D eigenvalue weighted by Crippen LogP contribution is -2.40.